The molecule has 3 N–H and O–H groups in total. The van der Waals surface area contributed by atoms with Gasteiger partial charge in [0.15, 0.2) is 0 Å². The predicted molar refractivity (Wildman–Crippen MR) is 131 cm³/mol. The molecule has 0 aliphatic rings. The van der Waals surface area contributed by atoms with Crippen molar-refractivity contribution in [2.24, 2.45) is 5.10 Å². The number of amides is 2. The normalized spacial score (nSPS) is 11.3. The van der Waals surface area contributed by atoms with Gasteiger partial charge in [0.05, 0.1) is 6.21 Å². The fraction of sp³-hybridized carbons (Fsp3) is 0.115. The molecule has 0 radical (unpaired) electrons. The van der Waals surface area contributed by atoms with Crippen LogP contribution >= 0.6 is 0 Å². The van der Waals surface area contributed by atoms with Crippen molar-refractivity contribution in [1.82, 2.24) is 10.7 Å². The van der Waals surface area contributed by atoms with E-state index in [2.05, 4.69) is 15.8 Å². The summed E-state index contributed by atoms with van der Waals surface area (Å²) >= 11 is 0. The number of carbonyl (C=O) groups is 2. The van der Waals surface area contributed by atoms with Gasteiger partial charge in [-0.05, 0) is 55.0 Å². The number of benzene rings is 3. The zero-order valence-corrected chi connectivity index (χ0v) is 18.7. The monoisotopic (exact) mass is 442 g/mol. The SMILES string of the molecule is Cc1ccc(O)c(/C=N/NC(=O)/C(=C/c2ccc(N(C)C)cc2)NC(=O)c2ccccc2)c1. The van der Waals surface area contributed by atoms with Crippen LogP contribution < -0.4 is 15.6 Å². The van der Waals surface area contributed by atoms with Crippen LogP contribution in [0.25, 0.3) is 6.08 Å². The molecule has 0 saturated carbocycles. The Bertz CT molecular complexity index is 1180. The molecule has 0 aliphatic heterocycles. The largest absolute Gasteiger partial charge is 0.507 e. The predicted octanol–water partition coefficient (Wildman–Crippen LogP) is 3.69. The third-order valence-electron chi connectivity index (χ3n) is 4.80. The van der Waals surface area contributed by atoms with Crippen molar-refractivity contribution in [2.45, 2.75) is 6.92 Å². The highest BCUT2D eigenvalue weighted by atomic mass is 16.3. The fourth-order valence-corrected chi connectivity index (χ4v) is 2.98. The zero-order valence-electron chi connectivity index (χ0n) is 18.7. The van der Waals surface area contributed by atoms with Crippen LogP contribution in [0, 0.1) is 6.92 Å². The molecule has 0 saturated heterocycles. The van der Waals surface area contributed by atoms with Crippen LogP contribution in [0.3, 0.4) is 0 Å². The number of nitrogens with one attached hydrogen (secondary N) is 2. The summed E-state index contributed by atoms with van der Waals surface area (Å²) < 4.78 is 0. The lowest BCUT2D eigenvalue weighted by molar-refractivity contribution is -0.117. The van der Waals surface area contributed by atoms with E-state index < -0.39 is 11.8 Å². The second-order valence-corrected chi connectivity index (χ2v) is 7.63. The maximum atomic E-state index is 12.9. The molecule has 3 aromatic carbocycles. The highest BCUT2D eigenvalue weighted by molar-refractivity contribution is 6.05. The minimum Gasteiger partial charge on any atom is -0.507 e. The van der Waals surface area contributed by atoms with Crippen LogP contribution in [0.1, 0.15) is 27.0 Å². The number of aromatic hydroxyl groups is 1. The van der Waals surface area contributed by atoms with E-state index in [1.54, 1.807) is 48.5 Å². The Balaban J connectivity index is 1.83. The minimum absolute atomic E-state index is 0.0343. The van der Waals surface area contributed by atoms with Crippen LogP contribution in [0.4, 0.5) is 5.69 Å². The molecule has 0 unspecified atom stereocenters. The topological polar surface area (TPSA) is 94.0 Å². The molecule has 0 heterocycles. The molecule has 0 spiro atoms. The van der Waals surface area contributed by atoms with Crippen LogP contribution in [0.2, 0.25) is 0 Å². The van der Waals surface area contributed by atoms with Gasteiger partial charge in [0.25, 0.3) is 11.8 Å². The van der Waals surface area contributed by atoms with E-state index in [1.165, 1.54) is 6.21 Å². The van der Waals surface area contributed by atoms with E-state index >= 15 is 0 Å². The first-order valence-corrected chi connectivity index (χ1v) is 10.3. The van der Waals surface area contributed by atoms with E-state index in [9.17, 15) is 14.7 Å². The minimum atomic E-state index is -0.598. The first-order chi connectivity index (χ1) is 15.8. The number of hydrogen-bond acceptors (Lipinski definition) is 5. The van der Waals surface area contributed by atoms with E-state index in [0.717, 1.165) is 16.8 Å². The lowest BCUT2D eigenvalue weighted by atomic mass is 10.1. The van der Waals surface area contributed by atoms with E-state index in [4.69, 9.17) is 0 Å². The summed E-state index contributed by atoms with van der Waals surface area (Å²) in [5.74, 6) is -0.964. The summed E-state index contributed by atoms with van der Waals surface area (Å²) in [6, 6.07) is 21.2. The molecule has 3 aromatic rings. The average molecular weight is 443 g/mol. The van der Waals surface area contributed by atoms with Gasteiger partial charge in [-0.3, -0.25) is 9.59 Å². The first kappa shape index (κ1) is 23.3. The van der Waals surface area contributed by atoms with Crippen molar-refractivity contribution in [3.05, 3.63) is 101 Å². The van der Waals surface area contributed by atoms with Gasteiger partial charge in [0.1, 0.15) is 11.4 Å². The van der Waals surface area contributed by atoms with Gasteiger partial charge in [-0.25, -0.2) is 5.43 Å². The summed E-state index contributed by atoms with van der Waals surface area (Å²) in [5.41, 5.74) is 6.02. The van der Waals surface area contributed by atoms with Crippen LogP contribution in [-0.2, 0) is 4.79 Å². The van der Waals surface area contributed by atoms with Crippen LogP contribution in [0.5, 0.6) is 5.75 Å². The third-order valence-corrected chi connectivity index (χ3v) is 4.80. The van der Waals surface area contributed by atoms with Gasteiger partial charge >= 0.3 is 0 Å². The molecular weight excluding hydrogens is 416 g/mol. The molecule has 0 fully saturated rings. The molecule has 3 rings (SSSR count). The maximum absolute atomic E-state index is 12.9. The van der Waals surface area contributed by atoms with Crippen molar-refractivity contribution in [2.75, 3.05) is 19.0 Å². The number of rotatable bonds is 7. The van der Waals surface area contributed by atoms with Crippen LogP contribution in [-0.4, -0.2) is 37.2 Å². The Morgan fingerprint density at radius 1 is 0.970 bits per heavy atom. The average Bonchev–Trinajstić information content (AvgIpc) is 2.81. The first-order valence-electron chi connectivity index (χ1n) is 10.3. The smallest absolute Gasteiger partial charge is 0.287 e. The molecule has 33 heavy (non-hydrogen) atoms. The molecule has 0 atom stereocenters. The fourth-order valence-electron chi connectivity index (χ4n) is 2.98. The van der Waals surface area contributed by atoms with Gasteiger partial charge in [-0.1, -0.05) is 42.0 Å². The van der Waals surface area contributed by atoms with E-state index in [1.807, 2.05) is 56.3 Å². The van der Waals surface area contributed by atoms with Gasteiger partial charge in [-0.15, -0.1) is 0 Å². The standard InChI is InChI=1S/C26H26N4O3/c1-18-9-14-24(31)21(15-18)17-27-29-26(33)23(28-25(32)20-7-5-4-6-8-20)16-19-10-12-22(13-11-19)30(2)3/h4-17,31H,1-3H3,(H,28,32)(H,29,33)/b23-16-,27-17+. The highest BCUT2D eigenvalue weighted by Crippen LogP contribution is 2.16. The van der Waals surface area contributed by atoms with Crippen molar-refractivity contribution >= 4 is 29.8 Å². The lowest BCUT2D eigenvalue weighted by Gasteiger charge is -2.12. The van der Waals surface area contributed by atoms with Crippen molar-refractivity contribution in [3.63, 3.8) is 0 Å². The van der Waals surface area contributed by atoms with Crippen molar-refractivity contribution in [3.8, 4) is 5.75 Å². The summed E-state index contributed by atoms with van der Waals surface area (Å²) in [6.07, 6.45) is 2.93. The van der Waals surface area contributed by atoms with E-state index in [0.29, 0.717) is 11.1 Å². The van der Waals surface area contributed by atoms with E-state index in [-0.39, 0.29) is 11.4 Å². The lowest BCUT2D eigenvalue weighted by Crippen LogP contribution is -2.32. The summed E-state index contributed by atoms with van der Waals surface area (Å²) in [7, 11) is 3.88. The summed E-state index contributed by atoms with van der Waals surface area (Å²) in [5, 5.41) is 16.5. The Kier molecular flexibility index (Phi) is 7.60. The number of hydrazone groups is 1. The van der Waals surface area contributed by atoms with Crippen LogP contribution in [0.15, 0.2) is 83.6 Å². The van der Waals surface area contributed by atoms with Gasteiger partial charge in [0, 0.05) is 30.9 Å². The second-order valence-electron chi connectivity index (χ2n) is 7.63. The number of aryl methyl sites for hydroxylation is 1. The van der Waals surface area contributed by atoms with Gasteiger partial charge in [0.2, 0.25) is 0 Å². The number of phenols is 1. The van der Waals surface area contributed by atoms with Crippen molar-refractivity contribution < 1.29 is 14.7 Å². The Morgan fingerprint density at radius 2 is 1.67 bits per heavy atom. The number of phenolic OH excluding ortho intramolecular Hbond substituents is 1. The molecule has 0 aromatic heterocycles. The Morgan fingerprint density at radius 3 is 2.33 bits per heavy atom. The maximum Gasteiger partial charge on any atom is 0.287 e. The third kappa shape index (κ3) is 6.54. The number of carbonyl (C=O) groups excluding carboxylic acids is 2. The molecule has 0 aliphatic carbocycles. The summed E-state index contributed by atoms with van der Waals surface area (Å²) in [6.45, 7) is 1.89. The zero-order chi connectivity index (χ0) is 23.8. The quantitative estimate of drug-likeness (QED) is 0.296. The number of nitrogens with zero attached hydrogens (tertiary/aromatic N) is 2. The van der Waals surface area contributed by atoms with Gasteiger partial charge in [-0.2, -0.15) is 5.10 Å². The number of hydrogen-bond donors (Lipinski definition) is 3. The molecular formula is C26H26N4O3. The summed E-state index contributed by atoms with van der Waals surface area (Å²) in [4.78, 5) is 27.5. The van der Waals surface area contributed by atoms with Gasteiger partial charge < -0.3 is 15.3 Å². The molecule has 168 valence electrons. The number of anilines is 1. The Hall–Kier alpha value is -4.39. The second kappa shape index (κ2) is 10.8. The molecule has 2 amide bonds. The molecule has 7 nitrogen and oxygen atoms in total. The Labute approximate surface area is 193 Å². The van der Waals surface area contributed by atoms with Crippen molar-refractivity contribution in [1.29, 1.82) is 0 Å². The molecule has 0 bridgehead atoms. The highest BCUT2D eigenvalue weighted by Gasteiger charge is 2.14. The molecule has 7 heteroatoms.